The summed E-state index contributed by atoms with van der Waals surface area (Å²) in [5, 5.41) is 9.14. The summed E-state index contributed by atoms with van der Waals surface area (Å²) in [6, 6.07) is 22.9. The van der Waals surface area contributed by atoms with E-state index in [9.17, 15) is 0 Å². The molecule has 1 aliphatic rings. The van der Waals surface area contributed by atoms with E-state index < -0.39 is 8.07 Å². The fourth-order valence-electron chi connectivity index (χ4n) is 4.62. The Morgan fingerprint density at radius 2 is 1.08 bits per heavy atom. The molecule has 0 bridgehead atoms. The largest absolute Gasteiger partial charge is 4.00 e. The van der Waals surface area contributed by atoms with Crippen molar-refractivity contribution in [1.82, 2.24) is 0 Å². The van der Waals surface area contributed by atoms with E-state index >= 15 is 0 Å². The van der Waals surface area contributed by atoms with Crippen LogP contribution in [0.5, 0.6) is 0 Å². The van der Waals surface area contributed by atoms with E-state index in [2.05, 4.69) is 73.8 Å². The predicted molar refractivity (Wildman–Crippen MR) is 103 cm³/mol. The Hall–Kier alpha value is -0.660. The van der Waals surface area contributed by atoms with Crippen LogP contribution in [0.1, 0.15) is 11.1 Å². The first-order valence-electron chi connectivity index (χ1n) is 8.52. The van der Waals surface area contributed by atoms with Gasteiger partial charge < -0.3 is 24.8 Å². The van der Waals surface area contributed by atoms with Crippen molar-refractivity contribution >= 4 is 40.0 Å². The van der Waals surface area contributed by atoms with Gasteiger partial charge in [0.2, 0.25) is 0 Å². The summed E-state index contributed by atoms with van der Waals surface area (Å²) in [6.07, 6.45) is 2.36. The molecule has 26 heavy (non-hydrogen) atoms. The zero-order valence-electron chi connectivity index (χ0n) is 14.9. The van der Waals surface area contributed by atoms with Gasteiger partial charge in [0, 0.05) is 0 Å². The second-order valence-corrected chi connectivity index (χ2v) is 11.7. The molecular formula is C22H20Cl2SiZr. The molecule has 1 heterocycles. The number of halogens is 2. The van der Waals surface area contributed by atoms with E-state index in [4.69, 9.17) is 0 Å². The molecule has 0 unspecified atom stereocenters. The van der Waals surface area contributed by atoms with Gasteiger partial charge in [-0.3, -0.25) is 0 Å². The van der Waals surface area contributed by atoms with Crippen LogP contribution in [0.4, 0.5) is 0 Å². The zero-order valence-corrected chi connectivity index (χ0v) is 19.9. The van der Waals surface area contributed by atoms with Crippen molar-refractivity contribution in [3.63, 3.8) is 0 Å². The van der Waals surface area contributed by atoms with Crippen LogP contribution >= 0.6 is 0 Å². The molecule has 5 rings (SSSR count). The van der Waals surface area contributed by atoms with Crippen LogP contribution in [0.15, 0.2) is 60.7 Å². The fraction of sp³-hybridized carbons (Fsp3) is 0.182. The van der Waals surface area contributed by atoms with Gasteiger partial charge in [-0.05, 0) is 0 Å². The van der Waals surface area contributed by atoms with Gasteiger partial charge in [0.25, 0.3) is 0 Å². The van der Waals surface area contributed by atoms with Crippen LogP contribution in [-0.2, 0) is 39.0 Å². The van der Waals surface area contributed by atoms with E-state index in [1.165, 1.54) is 34.4 Å². The first-order valence-corrected chi connectivity index (χ1v) is 11.5. The molecule has 0 saturated carbocycles. The van der Waals surface area contributed by atoms with Gasteiger partial charge in [-0.15, -0.1) is 79.4 Å². The summed E-state index contributed by atoms with van der Waals surface area (Å²) in [5.74, 6) is 0. The van der Waals surface area contributed by atoms with E-state index in [1.807, 2.05) is 0 Å². The average molecular weight is 475 g/mol. The minimum atomic E-state index is -1.65. The molecule has 0 amide bonds. The molecule has 0 saturated heterocycles. The third kappa shape index (κ3) is 3.00. The maximum absolute atomic E-state index is 2.54. The van der Waals surface area contributed by atoms with Crippen molar-refractivity contribution < 1.29 is 51.0 Å². The molecule has 0 aromatic heterocycles. The first-order chi connectivity index (χ1) is 11.2. The van der Waals surface area contributed by atoms with Crippen molar-refractivity contribution in [2.24, 2.45) is 0 Å². The smallest absolute Gasteiger partial charge is 1.00 e. The molecule has 4 aromatic rings. The van der Waals surface area contributed by atoms with Crippen LogP contribution in [0.3, 0.4) is 0 Å². The quantitative estimate of drug-likeness (QED) is 0.212. The third-order valence-electron chi connectivity index (χ3n) is 5.79. The fourth-order valence-corrected chi connectivity index (χ4v) is 7.97. The molecule has 0 fully saturated rings. The summed E-state index contributed by atoms with van der Waals surface area (Å²) in [5.41, 5.74) is 3.25. The van der Waals surface area contributed by atoms with Crippen LogP contribution < -0.4 is 35.2 Å². The zero-order chi connectivity index (χ0) is 15.6. The summed E-state index contributed by atoms with van der Waals surface area (Å²) in [7, 11) is -1.65. The van der Waals surface area contributed by atoms with Crippen molar-refractivity contribution in [3.05, 3.63) is 71.8 Å². The van der Waals surface area contributed by atoms with Gasteiger partial charge in [-0.25, -0.2) is 0 Å². The topological polar surface area (TPSA) is 0 Å². The Balaban J connectivity index is 0.000000810. The number of fused-ring (bicyclic) bond motifs is 6. The Morgan fingerprint density at radius 3 is 1.50 bits per heavy atom. The monoisotopic (exact) mass is 472 g/mol. The van der Waals surface area contributed by atoms with Gasteiger partial charge in [-0.2, -0.15) is 12.1 Å². The SMILES string of the molecule is C[Si]1(C)c2cc3ccccc3[c-]2CC[c-]2c1cc1ccccc12.[Cl-].[Cl-].[Zr+4]. The Morgan fingerprint density at radius 1 is 0.692 bits per heavy atom. The van der Waals surface area contributed by atoms with E-state index in [0.717, 1.165) is 0 Å². The normalized spacial score (nSPS) is 14.4. The molecular weight excluding hydrogens is 454 g/mol. The predicted octanol–water partition coefficient (Wildman–Crippen LogP) is -1.64. The maximum Gasteiger partial charge on any atom is 4.00 e. The van der Waals surface area contributed by atoms with Gasteiger partial charge in [-0.1, -0.05) is 38.1 Å². The maximum atomic E-state index is 2.54. The average Bonchev–Trinajstić information content (AvgIpc) is 3.09. The molecule has 0 nitrogen and oxygen atoms in total. The van der Waals surface area contributed by atoms with Crippen molar-refractivity contribution in [3.8, 4) is 0 Å². The summed E-state index contributed by atoms with van der Waals surface area (Å²) in [6.45, 7) is 5.07. The number of benzene rings is 2. The van der Waals surface area contributed by atoms with E-state index in [0.29, 0.717) is 0 Å². The molecule has 4 heteroatoms. The van der Waals surface area contributed by atoms with Crippen LogP contribution in [0.25, 0.3) is 21.5 Å². The molecule has 0 radical (unpaired) electrons. The molecule has 1 aliphatic heterocycles. The Labute approximate surface area is 187 Å². The third-order valence-corrected chi connectivity index (χ3v) is 9.38. The van der Waals surface area contributed by atoms with Gasteiger partial charge in [0.1, 0.15) is 0 Å². The van der Waals surface area contributed by atoms with Crippen LogP contribution in [0, 0.1) is 0 Å². The first kappa shape index (κ1) is 21.6. The van der Waals surface area contributed by atoms with Crippen molar-refractivity contribution in [2.45, 2.75) is 25.9 Å². The molecule has 0 atom stereocenters. The van der Waals surface area contributed by atoms with Gasteiger partial charge >= 0.3 is 26.2 Å². The second kappa shape index (κ2) is 7.76. The Kier molecular flexibility index (Phi) is 6.46. The summed E-state index contributed by atoms with van der Waals surface area (Å²) < 4.78 is 0. The second-order valence-electron chi connectivity index (χ2n) is 7.37. The van der Waals surface area contributed by atoms with Crippen LogP contribution in [0.2, 0.25) is 13.1 Å². The van der Waals surface area contributed by atoms with Crippen LogP contribution in [-0.4, -0.2) is 8.07 Å². The number of rotatable bonds is 0. The van der Waals surface area contributed by atoms with E-state index in [1.54, 1.807) is 21.5 Å². The number of aryl methyl sites for hydroxylation is 2. The van der Waals surface area contributed by atoms with E-state index in [-0.39, 0.29) is 51.0 Å². The summed E-state index contributed by atoms with van der Waals surface area (Å²) in [4.78, 5) is 0. The van der Waals surface area contributed by atoms with Crippen molar-refractivity contribution in [2.75, 3.05) is 0 Å². The molecule has 0 spiro atoms. The van der Waals surface area contributed by atoms with Gasteiger partial charge in [0.15, 0.2) is 0 Å². The minimum absolute atomic E-state index is 0. The summed E-state index contributed by atoms with van der Waals surface area (Å²) >= 11 is 0. The Bertz CT molecular complexity index is 975. The van der Waals surface area contributed by atoms with Gasteiger partial charge in [0.05, 0.1) is 8.07 Å². The van der Waals surface area contributed by atoms with Crippen molar-refractivity contribution in [1.29, 1.82) is 0 Å². The molecule has 0 aliphatic carbocycles. The molecule has 0 N–H and O–H groups in total. The number of hydrogen-bond acceptors (Lipinski definition) is 0. The molecule has 130 valence electrons. The minimum Gasteiger partial charge on any atom is -1.00 e. The number of hydrogen-bond donors (Lipinski definition) is 0. The standard InChI is InChI=1S/C22H20Si.2ClH.Zr/c1-23(2)21-13-15-7-3-5-9-17(15)19(21)11-12-20-18-10-6-4-8-16(18)14-22(20)23;;;/h3-10,13-14H,11-12H2,1-2H3;2*1H;/q-2;;;+4/p-2. The molecule has 4 aromatic carbocycles.